The first-order chi connectivity index (χ1) is 10.6. The third-order valence-corrected chi connectivity index (χ3v) is 5.53. The van der Waals surface area contributed by atoms with E-state index in [0.29, 0.717) is 11.8 Å². The van der Waals surface area contributed by atoms with Crippen LogP contribution in [0.15, 0.2) is 34.5 Å². The van der Waals surface area contributed by atoms with Crippen molar-refractivity contribution in [2.75, 3.05) is 0 Å². The number of benzene rings is 1. The monoisotopic (exact) mass is 296 g/mol. The van der Waals surface area contributed by atoms with Crippen LogP contribution in [-0.2, 0) is 10.3 Å². The molecule has 3 aliphatic rings. The van der Waals surface area contributed by atoms with Crippen molar-refractivity contribution in [3.8, 4) is 0 Å². The second-order valence-electron chi connectivity index (χ2n) is 6.69. The lowest BCUT2D eigenvalue weighted by molar-refractivity contribution is -0.0318. The Kier molecular flexibility index (Phi) is 2.96. The molecule has 0 amide bonds. The van der Waals surface area contributed by atoms with Gasteiger partial charge in [0, 0.05) is 23.1 Å². The Labute approximate surface area is 130 Å². The summed E-state index contributed by atoms with van der Waals surface area (Å²) in [6, 6.07) is 7.82. The van der Waals surface area contributed by atoms with Gasteiger partial charge in [0.05, 0.1) is 11.3 Å². The molecule has 0 saturated heterocycles. The first-order valence-electron chi connectivity index (χ1n) is 8.05. The lowest BCUT2D eigenvalue weighted by Gasteiger charge is -2.37. The molecule has 1 aliphatic carbocycles. The molecule has 2 aliphatic heterocycles. The van der Waals surface area contributed by atoms with E-state index in [-0.39, 0.29) is 5.97 Å². The highest BCUT2D eigenvalue weighted by atomic mass is 16.6. The summed E-state index contributed by atoms with van der Waals surface area (Å²) in [6.07, 6.45) is 3.78. The van der Waals surface area contributed by atoms with Gasteiger partial charge in [-0.15, -0.1) is 0 Å². The largest absolute Gasteiger partial charge is 0.451 e. The summed E-state index contributed by atoms with van der Waals surface area (Å²) in [4.78, 5) is 12.1. The Morgan fingerprint density at radius 1 is 1.18 bits per heavy atom. The number of rotatable bonds is 1. The zero-order valence-electron chi connectivity index (χ0n) is 13.0. The van der Waals surface area contributed by atoms with Crippen molar-refractivity contribution in [3.63, 3.8) is 0 Å². The van der Waals surface area contributed by atoms with Crippen molar-refractivity contribution >= 4 is 17.4 Å². The van der Waals surface area contributed by atoms with E-state index in [4.69, 9.17) is 4.74 Å². The molecule has 1 unspecified atom stereocenters. The summed E-state index contributed by atoms with van der Waals surface area (Å²) in [5.74, 6) is 0.658. The standard InChI is InChI=1S/C18H20N2O2/c1-11-12(2)19-20-16(11)13-7-9-18(10-8-13)15-6-4-3-5-14(15)17(21)22-18/h3-6,11,13H,7-10H2,1-2H3. The number of nitrogens with zero attached hydrogens (tertiary/aromatic N) is 2. The Hall–Kier alpha value is -1.97. The molecule has 1 spiro atoms. The molecule has 4 rings (SSSR count). The van der Waals surface area contributed by atoms with Gasteiger partial charge in [-0.1, -0.05) is 25.1 Å². The van der Waals surface area contributed by atoms with Crippen molar-refractivity contribution in [3.05, 3.63) is 35.4 Å². The summed E-state index contributed by atoms with van der Waals surface area (Å²) < 4.78 is 5.81. The van der Waals surface area contributed by atoms with Gasteiger partial charge >= 0.3 is 5.97 Å². The molecule has 1 aromatic rings. The molecular weight excluding hydrogens is 276 g/mol. The number of ether oxygens (including phenoxy) is 1. The van der Waals surface area contributed by atoms with Gasteiger partial charge in [-0.05, 0) is 38.7 Å². The third kappa shape index (κ3) is 1.86. The van der Waals surface area contributed by atoms with Crippen LogP contribution in [0.4, 0.5) is 0 Å². The first kappa shape index (κ1) is 13.7. The van der Waals surface area contributed by atoms with Crippen LogP contribution in [0.2, 0.25) is 0 Å². The van der Waals surface area contributed by atoms with Crippen LogP contribution in [0, 0.1) is 11.8 Å². The van der Waals surface area contributed by atoms with Gasteiger partial charge in [0.2, 0.25) is 0 Å². The molecule has 1 fully saturated rings. The molecular formula is C18H20N2O2. The fourth-order valence-corrected chi connectivity index (χ4v) is 4.06. The fourth-order valence-electron chi connectivity index (χ4n) is 4.06. The molecule has 1 aromatic carbocycles. The Balaban J connectivity index is 1.55. The maximum absolute atomic E-state index is 12.1. The normalized spacial score (nSPS) is 33.5. The van der Waals surface area contributed by atoms with Crippen LogP contribution in [0.25, 0.3) is 0 Å². The van der Waals surface area contributed by atoms with E-state index in [2.05, 4.69) is 17.1 Å². The Morgan fingerprint density at radius 3 is 2.59 bits per heavy atom. The summed E-state index contributed by atoms with van der Waals surface area (Å²) >= 11 is 0. The van der Waals surface area contributed by atoms with Crippen LogP contribution in [0.1, 0.15) is 55.5 Å². The second kappa shape index (κ2) is 4.77. The number of hydrogen-bond acceptors (Lipinski definition) is 4. The van der Waals surface area contributed by atoms with E-state index >= 15 is 0 Å². The van der Waals surface area contributed by atoms with Crippen molar-refractivity contribution < 1.29 is 9.53 Å². The lowest BCUT2D eigenvalue weighted by atomic mass is 9.72. The minimum absolute atomic E-state index is 0.167. The predicted molar refractivity (Wildman–Crippen MR) is 85.2 cm³/mol. The highest BCUT2D eigenvalue weighted by Gasteiger charge is 2.48. The molecule has 0 aromatic heterocycles. The summed E-state index contributed by atoms with van der Waals surface area (Å²) in [6.45, 7) is 4.22. The van der Waals surface area contributed by atoms with Gasteiger partial charge in [0.25, 0.3) is 0 Å². The maximum Gasteiger partial charge on any atom is 0.339 e. The average Bonchev–Trinajstić information content (AvgIpc) is 3.01. The van der Waals surface area contributed by atoms with Crippen LogP contribution in [0.5, 0.6) is 0 Å². The highest BCUT2D eigenvalue weighted by molar-refractivity contribution is 6.10. The average molecular weight is 296 g/mol. The van der Waals surface area contributed by atoms with Crippen molar-refractivity contribution in [1.29, 1.82) is 0 Å². The zero-order chi connectivity index (χ0) is 15.3. The molecule has 1 saturated carbocycles. The lowest BCUT2D eigenvalue weighted by Crippen LogP contribution is -2.35. The molecule has 114 valence electrons. The molecule has 4 heteroatoms. The minimum atomic E-state index is -0.400. The molecule has 4 nitrogen and oxygen atoms in total. The summed E-state index contributed by atoms with van der Waals surface area (Å²) in [7, 11) is 0. The van der Waals surface area contributed by atoms with E-state index in [1.165, 1.54) is 5.71 Å². The number of fused-ring (bicyclic) bond motifs is 2. The van der Waals surface area contributed by atoms with Gasteiger partial charge in [-0.3, -0.25) is 0 Å². The molecule has 0 radical (unpaired) electrons. The van der Waals surface area contributed by atoms with E-state index in [1.54, 1.807) is 0 Å². The molecule has 0 bridgehead atoms. The molecule has 2 heterocycles. The SMILES string of the molecule is CC1=NN=C(C2CCC3(CC2)OC(=O)c2ccccc23)C1C. The Bertz CT molecular complexity index is 697. The fraction of sp³-hybridized carbons (Fsp3) is 0.500. The van der Waals surface area contributed by atoms with Crippen molar-refractivity contribution in [2.24, 2.45) is 22.0 Å². The molecule has 0 N–H and O–H groups in total. The molecule has 22 heavy (non-hydrogen) atoms. The number of carbonyl (C=O) groups is 1. The number of hydrogen-bond donors (Lipinski definition) is 0. The van der Waals surface area contributed by atoms with Crippen LogP contribution in [0.3, 0.4) is 0 Å². The summed E-state index contributed by atoms with van der Waals surface area (Å²) in [5.41, 5.74) is 3.74. The van der Waals surface area contributed by atoms with E-state index in [9.17, 15) is 4.79 Å². The predicted octanol–water partition coefficient (Wildman–Crippen LogP) is 3.71. The number of esters is 1. The number of carbonyl (C=O) groups excluding carboxylic acids is 1. The van der Waals surface area contributed by atoms with Gasteiger partial charge in [-0.25, -0.2) is 4.79 Å². The van der Waals surface area contributed by atoms with E-state index in [1.807, 2.05) is 31.2 Å². The summed E-state index contributed by atoms with van der Waals surface area (Å²) in [5, 5.41) is 8.62. The van der Waals surface area contributed by atoms with Gasteiger partial charge in [0.15, 0.2) is 0 Å². The van der Waals surface area contributed by atoms with Crippen LogP contribution in [-0.4, -0.2) is 17.4 Å². The van der Waals surface area contributed by atoms with Gasteiger partial charge in [-0.2, -0.15) is 10.2 Å². The third-order valence-electron chi connectivity index (χ3n) is 5.53. The first-order valence-corrected chi connectivity index (χ1v) is 8.05. The van der Waals surface area contributed by atoms with Crippen LogP contribution < -0.4 is 0 Å². The Morgan fingerprint density at radius 2 is 1.91 bits per heavy atom. The second-order valence-corrected chi connectivity index (χ2v) is 6.69. The smallest absolute Gasteiger partial charge is 0.339 e. The van der Waals surface area contributed by atoms with Crippen molar-refractivity contribution in [2.45, 2.75) is 45.1 Å². The quantitative estimate of drug-likeness (QED) is 0.742. The maximum atomic E-state index is 12.1. The zero-order valence-corrected chi connectivity index (χ0v) is 13.0. The van der Waals surface area contributed by atoms with Crippen molar-refractivity contribution in [1.82, 2.24) is 0 Å². The van der Waals surface area contributed by atoms with E-state index < -0.39 is 5.60 Å². The van der Waals surface area contributed by atoms with Gasteiger partial charge < -0.3 is 4.74 Å². The topological polar surface area (TPSA) is 51.0 Å². The van der Waals surface area contributed by atoms with E-state index in [0.717, 1.165) is 42.5 Å². The molecule has 1 atom stereocenters. The van der Waals surface area contributed by atoms with Crippen LogP contribution >= 0.6 is 0 Å². The van der Waals surface area contributed by atoms with Gasteiger partial charge in [0.1, 0.15) is 5.60 Å². The highest BCUT2D eigenvalue weighted by Crippen LogP contribution is 2.48. The minimum Gasteiger partial charge on any atom is -0.451 e.